The predicted molar refractivity (Wildman–Crippen MR) is 108 cm³/mol. The zero-order valence-electron chi connectivity index (χ0n) is 15.1. The number of aromatic amines is 1. The van der Waals surface area contributed by atoms with E-state index in [-0.39, 0.29) is 5.91 Å². The molecule has 0 bridgehead atoms. The van der Waals surface area contributed by atoms with Crippen molar-refractivity contribution in [2.24, 2.45) is 0 Å². The maximum absolute atomic E-state index is 11.7. The van der Waals surface area contributed by atoms with Crippen molar-refractivity contribution >= 4 is 36.0 Å². The second kappa shape index (κ2) is 6.33. The average Bonchev–Trinajstić information content (AvgIpc) is 2.96. The summed E-state index contributed by atoms with van der Waals surface area (Å²) in [6, 6.07) is 10.2. The molecular weight excluding hydrogens is 326 g/mol. The Morgan fingerprint density at radius 2 is 2.04 bits per heavy atom. The standard InChI is InChI=1S/C20H23N3OSi/c1-6-17(24)22-16-12-14(10-9-13(16)2)18-15-8-7-11-21-19(15)23-20(18)25(3,4)5/h6-12H,1H2,2-5H3,(H,21,23)(H,22,24). The number of carbonyl (C=O) groups excluding carboxylic acids is 1. The summed E-state index contributed by atoms with van der Waals surface area (Å²) in [6.07, 6.45) is 3.09. The molecule has 128 valence electrons. The van der Waals surface area contributed by atoms with Gasteiger partial charge in [0.25, 0.3) is 0 Å². The van der Waals surface area contributed by atoms with Gasteiger partial charge in [0.1, 0.15) is 5.65 Å². The second-order valence-electron chi connectivity index (χ2n) is 7.25. The lowest BCUT2D eigenvalue weighted by Gasteiger charge is -2.18. The normalized spacial score (nSPS) is 11.5. The highest BCUT2D eigenvalue weighted by atomic mass is 28.3. The van der Waals surface area contributed by atoms with E-state index in [9.17, 15) is 4.79 Å². The summed E-state index contributed by atoms with van der Waals surface area (Å²) in [5.41, 5.74) is 5.01. The predicted octanol–water partition coefficient (Wildman–Crippen LogP) is 4.21. The van der Waals surface area contributed by atoms with Crippen molar-refractivity contribution in [3.05, 3.63) is 54.7 Å². The van der Waals surface area contributed by atoms with Gasteiger partial charge in [0, 0.05) is 28.2 Å². The van der Waals surface area contributed by atoms with Gasteiger partial charge in [-0.25, -0.2) is 4.98 Å². The summed E-state index contributed by atoms with van der Waals surface area (Å²) in [5, 5.41) is 5.28. The van der Waals surface area contributed by atoms with Crippen LogP contribution in [0.4, 0.5) is 5.69 Å². The van der Waals surface area contributed by atoms with Crippen LogP contribution in [0, 0.1) is 6.92 Å². The third kappa shape index (κ3) is 3.28. The molecule has 0 fully saturated rings. The molecule has 25 heavy (non-hydrogen) atoms. The van der Waals surface area contributed by atoms with Gasteiger partial charge < -0.3 is 10.3 Å². The number of aromatic nitrogens is 2. The van der Waals surface area contributed by atoms with E-state index in [0.29, 0.717) is 0 Å². The fourth-order valence-electron chi connectivity index (χ4n) is 2.98. The second-order valence-corrected chi connectivity index (χ2v) is 12.2. The van der Waals surface area contributed by atoms with Gasteiger partial charge >= 0.3 is 0 Å². The molecule has 2 heterocycles. The monoisotopic (exact) mass is 349 g/mol. The Bertz CT molecular complexity index is 967. The number of fused-ring (bicyclic) bond motifs is 1. The van der Waals surface area contributed by atoms with E-state index in [2.05, 4.69) is 53.6 Å². The van der Waals surface area contributed by atoms with Crippen LogP contribution >= 0.6 is 0 Å². The number of carbonyl (C=O) groups is 1. The highest BCUT2D eigenvalue weighted by Crippen LogP contribution is 2.31. The number of hydrogen-bond acceptors (Lipinski definition) is 2. The number of benzene rings is 1. The molecule has 1 aromatic carbocycles. The summed E-state index contributed by atoms with van der Waals surface area (Å²) in [4.78, 5) is 19.8. The molecule has 2 N–H and O–H groups in total. The van der Waals surface area contributed by atoms with E-state index in [1.54, 1.807) is 0 Å². The highest BCUT2D eigenvalue weighted by Gasteiger charge is 2.25. The lowest BCUT2D eigenvalue weighted by molar-refractivity contribution is -0.111. The van der Waals surface area contributed by atoms with Gasteiger partial charge in [-0.2, -0.15) is 0 Å². The Morgan fingerprint density at radius 1 is 1.28 bits per heavy atom. The van der Waals surface area contributed by atoms with Crippen LogP contribution in [0.1, 0.15) is 5.56 Å². The van der Waals surface area contributed by atoms with Gasteiger partial charge in [-0.1, -0.05) is 38.4 Å². The van der Waals surface area contributed by atoms with Gasteiger partial charge in [-0.05, 0) is 42.3 Å². The van der Waals surface area contributed by atoms with Crippen LogP contribution in [0.25, 0.3) is 22.2 Å². The maximum Gasteiger partial charge on any atom is 0.247 e. The fraction of sp³-hybridized carbons (Fsp3) is 0.200. The number of pyridine rings is 1. The van der Waals surface area contributed by atoms with Crippen LogP contribution < -0.4 is 10.6 Å². The van der Waals surface area contributed by atoms with Gasteiger partial charge in [-0.3, -0.25) is 4.79 Å². The number of anilines is 1. The molecule has 3 rings (SSSR count). The largest absolute Gasteiger partial charge is 0.347 e. The van der Waals surface area contributed by atoms with Crippen molar-refractivity contribution in [2.75, 3.05) is 5.32 Å². The highest BCUT2D eigenvalue weighted by molar-refractivity contribution is 6.89. The SMILES string of the molecule is C=CC(=O)Nc1cc(-c2c([Si](C)(C)C)[nH]c3ncccc23)ccc1C. The lowest BCUT2D eigenvalue weighted by atomic mass is 10.0. The Labute approximate surface area is 149 Å². The molecule has 5 heteroatoms. The zero-order chi connectivity index (χ0) is 18.2. The van der Waals surface area contributed by atoms with E-state index in [1.807, 2.05) is 31.3 Å². The first-order chi connectivity index (χ1) is 11.8. The summed E-state index contributed by atoms with van der Waals surface area (Å²) in [5.74, 6) is -0.203. The Hall–Kier alpha value is -2.66. The van der Waals surface area contributed by atoms with E-state index in [4.69, 9.17) is 0 Å². The van der Waals surface area contributed by atoms with Crippen LogP contribution in [0.5, 0.6) is 0 Å². The van der Waals surface area contributed by atoms with Gasteiger partial charge in [0.15, 0.2) is 0 Å². The van der Waals surface area contributed by atoms with E-state index < -0.39 is 8.07 Å². The molecule has 0 unspecified atom stereocenters. The molecule has 4 nitrogen and oxygen atoms in total. The van der Waals surface area contributed by atoms with Crippen LogP contribution in [0.3, 0.4) is 0 Å². The van der Waals surface area contributed by atoms with Crippen molar-refractivity contribution in [3.63, 3.8) is 0 Å². The number of hydrogen-bond donors (Lipinski definition) is 2. The number of nitrogens with zero attached hydrogens (tertiary/aromatic N) is 1. The Balaban J connectivity index is 2.24. The van der Waals surface area contributed by atoms with Crippen LogP contribution in [0.2, 0.25) is 19.6 Å². The van der Waals surface area contributed by atoms with Crippen molar-refractivity contribution < 1.29 is 4.79 Å². The first kappa shape index (κ1) is 17.2. The number of H-pyrrole nitrogens is 1. The van der Waals surface area contributed by atoms with Crippen molar-refractivity contribution in [3.8, 4) is 11.1 Å². The topological polar surface area (TPSA) is 57.8 Å². The van der Waals surface area contributed by atoms with E-state index >= 15 is 0 Å². The first-order valence-electron chi connectivity index (χ1n) is 8.33. The third-order valence-electron chi connectivity index (χ3n) is 4.29. The minimum Gasteiger partial charge on any atom is -0.347 e. The summed E-state index contributed by atoms with van der Waals surface area (Å²) >= 11 is 0. The molecule has 1 amide bonds. The first-order valence-corrected chi connectivity index (χ1v) is 11.8. The minimum absolute atomic E-state index is 0.203. The smallest absolute Gasteiger partial charge is 0.247 e. The molecule has 0 aliphatic heterocycles. The molecule has 3 aromatic rings. The molecule has 0 radical (unpaired) electrons. The molecule has 2 aromatic heterocycles. The van der Waals surface area contributed by atoms with E-state index in [0.717, 1.165) is 27.8 Å². The molecule has 0 atom stereocenters. The molecule has 0 saturated heterocycles. The van der Waals surface area contributed by atoms with Crippen molar-refractivity contribution in [1.29, 1.82) is 0 Å². The van der Waals surface area contributed by atoms with Crippen LogP contribution in [-0.4, -0.2) is 23.9 Å². The molecule has 0 aliphatic rings. The third-order valence-corrected chi connectivity index (χ3v) is 6.16. The number of rotatable bonds is 4. The summed E-state index contributed by atoms with van der Waals surface area (Å²) < 4.78 is 0. The molecule has 0 aliphatic carbocycles. The van der Waals surface area contributed by atoms with Crippen LogP contribution in [-0.2, 0) is 4.79 Å². The molecule has 0 spiro atoms. The minimum atomic E-state index is -1.61. The van der Waals surface area contributed by atoms with Crippen molar-refractivity contribution in [2.45, 2.75) is 26.6 Å². The Kier molecular flexibility index (Phi) is 4.35. The van der Waals surface area contributed by atoms with Gasteiger partial charge in [0.2, 0.25) is 5.91 Å². The summed E-state index contributed by atoms with van der Waals surface area (Å²) in [6.45, 7) is 12.5. The number of amides is 1. The maximum atomic E-state index is 11.7. The number of aryl methyl sites for hydroxylation is 1. The number of nitrogens with one attached hydrogen (secondary N) is 2. The zero-order valence-corrected chi connectivity index (χ0v) is 16.1. The van der Waals surface area contributed by atoms with Crippen molar-refractivity contribution in [1.82, 2.24) is 9.97 Å². The fourth-order valence-corrected chi connectivity index (χ4v) is 4.50. The molecular formula is C20H23N3OSi. The quantitative estimate of drug-likeness (QED) is 0.547. The lowest BCUT2D eigenvalue weighted by Crippen LogP contribution is -2.39. The van der Waals surface area contributed by atoms with E-state index in [1.165, 1.54) is 17.0 Å². The van der Waals surface area contributed by atoms with Crippen LogP contribution in [0.15, 0.2) is 49.2 Å². The Morgan fingerprint density at radius 3 is 2.72 bits per heavy atom. The van der Waals surface area contributed by atoms with Gasteiger partial charge in [0.05, 0.1) is 8.07 Å². The van der Waals surface area contributed by atoms with Gasteiger partial charge in [-0.15, -0.1) is 0 Å². The summed E-state index contributed by atoms with van der Waals surface area (Å²) in [7, 11) is -1.61. The average molecular weight is 350 g/mol. The molecule has 0 saturated carbocycles.